The number of anilines is 1. The van der Waals surface area contributed by atoms with Crippen LogP contribution in [0.25, 0.3) is 0 Å². The van der Waals surface area contributed by atoms with Gasteiger partial charge in [-0.2, -0.15) is 0 Å². The number of piperazine rings is 1. The van der Waals surface area contributed by atoms with Crippen molar-refractivity contribution in [1.82, 2.24) is 14.5 Å². The van der Waals surface area contributed by atoms with Gasteiger partial charge in [0.15, 0.2) is 0 Å². The highest BCUT2D eigenvalue weighted by atomic mass is 32.1. The zero-order valence-corrected chi connectivity index (χ0v) is 15.4. The topological polar surface area (TPSA) is 67.4 Å². The minimum atomic E-state index is -0.459. The van der Waals surface area contributed by atoms with E-state index in [0.29, 0.717) is 16.9 Å². The maximum absolute atomic E-state index is 11.7. The van der Waals surface area contributed by atoms with Gasteiger partial charge in [-0.15, -0.1) is 0 Å². The fourth-order valence-electron chi connectivity index (χ4n) is 3.31. The van der Waals surface area contributed by atoms with Crippen LogP contribution in [0.1, 0.15) is 21.6 Å². The minimum Gasteiger partial charge on any atom is -0.369 e. The molecule has 25 heavy (non-hydrogen) atoms. The van der Waals surface area contributed by atoms with Gasteiger partial charge in [0.25, 0.3) is 5.91 Å². The average molecular weight is 357 g/mol. The molecule has 2 aromatic rings. The van der Waals surface area contributed by atoms with E-state index in [2.05, 4.69) is 14.8 Å². The normalized spacial score (nSPS) is 15.4. The van der Waals surface area contributed by atoms with Crippen LogP contribution in [0.2, 0.25) is 0 Å². The lowest BCUT2D eigenvalue weighted by molar-refractivity contribution is 0.0997. The molecule has 1 saturated heterocycles. The number of pyridine rings is 2. The van der Waals surface area contributed by atoms with Gasteiger partial charge in [0.1, 0.15) is 4.64 Å². The molecule has 0 aliphatic carbocycles. The number of nitrogens with two attached hydrogens (primary N) is 1. The minimum absolute atomic E-state index is 0.455. The summed E-state index contributed by atoms with van der Waals surface area (Å²) in [4.78, 5) is 20.5. The zero-order chi connectivity index (χ0) is 18.0. The van der Waals surface area contributed by atoms with Crippen molar-refractivity contribution in [3.8, 4) is 0 Å². The van der Waals surface area contributed by atoms with Gasteiger partial charge in [-0.1, -0.05) is 12.2 Å². The Bertz CT molecular complexity index is 825. The van der Waals surface area contributed by atoms with Crippen molar-refractivity contribution in [2.45, 2.75) is 20.5 Å². The van der Waals surface area contributed by atoms with E-state index >= 15 is 0 Å². The van der Waals surface area contributed by atoms with Crippen molar-refractivity contribution in [2.24, 2.45) is 5.73 Å². The number of aromatic nitrogens is 2. The molecule has 3 heterocycles. The standard InChI is InChI=1S/C18H23N5OS/c1-13-11-14(2)23(18(25)16(13)17(19)24)12-21-7-9-22(10-8-21)15-3-5-20-6-4-15/h3-6,11H,7-10,12H2,1-2H3,(H2,19,24). The highest BCUT2D eigenvalue weighted by Gasteiger charge is 2.19. The van der Waals surface area contributed by atoms with Crippen molar-refractivity contribution in [3.63, 3.8) is 0 Å². The van der Waals surface area contributed by atoms with Gasteiger partial charge < -0.3 is 15.2 Å². The van der Waals surface area contributed by atoms with Crippen LogP contribution in [0.4, 0.5) is 5.69 Å². The third-order valence-corrected chi connectivity index (χ3v) is 5.12. The van der Waals surface area contributed by atoms with Gasteiger partial charge >= 0.3 is 0 Å². The Hall–Kier alpha value is -2.25. The van der Waals surface area contributed by atoms with E-state index in [-0.39, 0.29) is 0 Å². The molecule has 1 fully saturated rings. The fourth-order valence-corrected chi connectivity index (χ4v) is 3.77. The summed E-state index contributed by atoms with van der Waals surface area (Å²) in [6.45, 7) is 8.33. The average Bonchev–Trinajstić information content (AvgIpc) is 2.59. The summed E-state index contributed by atoms with van der Waals surface area (Å²) < 4.78 is 2.53. The summed E-state index contributed by atoms with van der Waals surface area (Å²) in [7, 11) is 0. The van der Waals surface area contributed by atoms with Crippen LogP contribution in [-0.4, -0.2) is 46.5 Å². The first kappa shape index (κ1) is 17.6. The Morgan fingerprint density at radius 3 is 2.44 bits per heavy atom. The third kappa shape index (κ3) is 3.72. The van der Waals surface area contributed by atoms with Crippen molar-refractivity contribution in [1.29, 1.82) is 0 Å². The van der Waals surface area contributed by atoms with E-state index in [9.17, 15) is 4.79 Å². The van der Waals surface area contributed by atoms with Crippen molar-refractivity contribution < 1.29 is 4.79 Å². The Balaban J connectivity index is 1.73. The number of hydrogen-bond donors (Lipinski definition) is 1. The number of nitrogens with zero attached hydrogens (tertiary/aromatic N) is 4. The predicted octanol–water partition coefficient (Wildman–Crippen LogP) is 2.11. The summed E-state index contributed by atoms with van der Waals surface area (Å²) in [5, 5.41) is 0. The summed E-state index contributed by atoms with van der Waals surface area (Å²) in [6.07, 6.45) is 3.64. The van der Waals surface area contributed by atoms with E-state index in [1.807, 2.05) is 49.0 Å². The highest BCUT2D eigenvalue weighted by Crippen LogP contribution is 2.17. The van der Waals surface area contributed by atoms with Gasteiger partial charge in [-0.3, -0.25) is 14.7 Å². The molecule has 0 spiro atoms. The predicted molar refractivity (Wildman–Crippen MR) is 101 cm³/mol. The van der Waals surface area contributed by atoms with Crippen molar-refractivity contribution in [3.05, 3.63) is 52.1 Å². The fraction of sp³-hybridized carbons (Fsp3) is 0.389. The molecule has 7 heteroatoms. The second-order valence-electron chi connectivity index (χ2n) is 6.39. The van der Waals surface area contributed by atoms with Gasteiger partial charge in [-0.25, -0.2) is 0 Å². The Kier molecular flexibility index (Phi) is 5.15. The second-order valence-corrected chi connectivity index (χ2v) is 6.78. The number of primary amides is 1. The molecule has 0 bridgehead atoms. The van der Waals surface area contributed by atoms with Crippen LogP contribution in [0, 0.1) is 18.5 Å². The number of carbonyl (C=O) groups excluding carboxylic acids is 1. The van der Waals surface area contributed by atoms with E-state index in [1.54, 1.807) is 0 Å². The second kappa shape index (κ2) is 7.33. The van der Waals surface area contributed by atoms with Crippen molar-refractivity contribution in [2.75, 3.05) is 31.1 Å². The molecule has 132 valence electrons. The molecule has 0 aromatic carbocycles. The molecular weight excluding hydrogens is 334 g/mol. The number of hydrogen-bond acceptors (Lipinski definition) is 5. The first-order chi connectivity index (χ1) is 12.0. The number of amides is 1. The molecule has 0 atom stereocenters. The third-order valence-electron chi connectivity index (χ3n) is 4.69. The van der Waals surface area contributed by atoms with Crippen LogP contribution in [0.15, 0.2) is 30.6 Å². The smallest absolute Gasteiger partial charge is 0.251 e. The van der Waals surface area contributed by atoms with E-state index < -0.39 is 5.91 Å². The highest BCUT2D eigenvalue weighted by molar-refractivity contribution is 7.71. The first-order valence-electron chi connectivity index (χ1n) is 8.35. The summed E-state index contributed by atoms with van der Waals surface area (Å²) >= 11 is 5.53. The zero-order valence-electron chi connectivity index (χ0n) is 14.6. The maximum Gasteiger partial charge on any atom is 0.251 e. The number of carbonyl (C=O) groups is 1. The lowest BCUT2D eigenvalue weighted by Gasteiger charge is -2.36. The van der Waals surface area contributed by atoms with Gasteiger partial charge in [0.05, 0.1) is 12.2 Å². The Morgan fingerprint density at radius 2 is 1.84 bits per heavy atom. The molecule has 3 rings (SSSR count). The van der Waals surface area contributed by atoms with Crippen LogP contribution < -0.4 is 10.6 Å². The lowest BCUT2D eigenvalue weighted by atomic mass is 10.1. The first-order valence-corrected chi connectivity index (χ1v) is 8.76. The molecular formula is C18H23N5OS. The van der Waals surface area contributed by atoms with Crippen LogP contribution in [-0.2, 0) is 6.67 Å². The number of aryl methyl sites for hydroxylation is 2. The van der Waals surface area contributed by atoms with Gasteiger partial charge in [0.2, 0.25) is 0 Å². The molecule has 1 amide bonds. The SMILES string of the molecule is Cc1cc(C)n(CN2CCN(c3ccncc3)CC2)c(=S)c1C(N)=O. The van der Waals surface area contributed by atoms with Gasteiger partial charge in [-0.05, 0) is 37.6 Å². The monoisotopic (exact) mass is 357 g/mol. The molecule has 0 unspecified atom stereocenters. The summed E-state index contributed by atoms with van der Waals surface area (Å²) in [5.41, 5.74) is 9.05. The summed E-state index contributed by atoms with van der Waals surface area (Å²) in [6, 6.07) is 6.05. The summed E-state index contributed by atoms with van der Waals surface area (Å²) in [5.74, 6) is -0.459. The Morgan fingerprint density at radius 1 is 1.20 bits per heavy atom. The molecule has 0 radical (unpaired) electrons. The Labute approximate surface area is 152 Å². The van der Waals surface area contributed by atoms with Crippen molar-refractivity contribution >= 4 is 23.8 Å². The quantitative estimate of drug-likeness (QED) is 0.849. The molecule has 2 N–H and O–H groups in total. The van der Waals surface area contributed by atoms with Gasteiger partial charge in [0, 0.05) is 50.0 Å². The molecule has 1 aliphatic heterocycles. The van der Waals surface area contributed by atoms with E-state index in [4.69, 9.17) is 18.0 Å². The van der Waals surface area contributed by atoms with Crippen LogP contribution in [0.3, 0.4) is 0 Å². The molecule has 6 nitrogen and oxygen atoms in total. The maximum atomic E-state index is 11.7. The molecule has 1 aliphatic rings. The molecule has 2 aromatic heterocycles. The number of rotatable bonds is 4. The molecule has 0 saturated carbocycles. The van der Waals surface area contributed by atoms with E-state index in [0.717, 1.165) is 37.4 Å². The van der Waals surface area contributed by atoms with E-state index in [1.165, 1.54) is 5.69 Å². The van der Waals surface area contributed by atoms with Crippen LogP contribution in [0.5, 0.6) is 0 Å². The van der Waals surface area contributed by atoms with Crippen LogP contribution >= 0.6 is 12.2 Å². The largest absolute Gasteiger partial charge is 0.369 e. The lowest BCUT2D eigenvalue weighted by Crippen LogP contribution is -2.47.